The van der Waals surface area contributed by atoms with E-state index in [1.54, 1.807) is 0 Å². The quantitative estimate of drug-likeness (QED) is 0.210. The van der Waals surface area contributed by atoms with Crippen LogP contribution in [0.25, 0.3) is 11.4 Å². The highest BCUT2D eigenvalue weighted by Crippen LogP contribution is 2.50. The van der Waals surface area contributed by atoms with Crippen LogP contribution >= 0.6 is 31.9 Å². The third-order valence-corrected chi connectivity index (χ3v) is 8.88. The fraction of sp³-hybridized carbons (Fsp3) is 0.391. The number of alkyl halides is 18. The number of hydrazine groups is 2. The Labute approximate surface area is 296 Å². The van der Waals surface area contributed by atoms with Crippen LogP contribution in [-0.4, -0.2) is 58.7 Å². The highest BCUT2D eigenvalue weighted by Gasteiger charge is 2.73. The van der Waals surface area contributed by atoms with E-state index < -0.39 is 130 Å². The van der Waals surface area contributed by atoms with Gasteiger partial charge < -0.3 is 0 Å². The van der Waals surface area contributed by atoms with E-state index in [1.165, 1.54) is 5.43 Å². The molecular weight excluding hydrogens is 918 g/mol. The molecule has 0 amide bonds. The molecule has 0 saturated carbocycles. The molecule has 2 aliphatic heterocycles. The molecule has 0 saturated heterocycles. The Kier molecular flexibility index (Phi) is 9.22. The number of halogens is 20. The summed E-state index contributed by atoms with van der Waals surface area (Å²) in [6.45, 7) is 0.728. The second-order valence-electron chi connectivity index (χ2n) is 10.6. The van der Waals surface area contributed by atoms with Gasteiger partial charge in [0.15, 0.2) is 17.1 Å². The summed E-state index contributed by atoms with van der Waals surface area (Å²) in [6, 6.07) is -0.714. The van der Waals surface area contributed by atoms with E-state index in [9.17, 15) is 65.9 Å². The van der Waals surface area contributed by atoms with Gasteiger partial charge in [-0.25, -0.2) is 14.0 Å². The minimum absolute atomic E-state index is 0.214. The first-order chi connectivity index (χ1) is 23.7. The summed E-state index contributed by atoms with van der Waals surface area (Å²) in [5, 5.41) is 10.6. The van der Waals surface area contributed by atoms with Crippen molar-refractivity contribution < 1.29 is 79.0 Å². The van der Waals surface area contributed by atoms with Crippen LogP contribution in [0, 0.1) is 6.92 Å². The number of rotatable bonds is 4. The molecule has 1 radical (unpaired) electrons. The topological polar surface area (TPSA) is 87.0 Å². The van der Waals surface area contributed by atoms with Gasteiger partial charge in [0.1, 0.15) is 26.8 Å². The summed E-state index contributed by atoms with van der Waals surface area (Å²) >= 11 is 5.47. The zero-order valence-corrected chi connectivity index (χ0v) is 28.0. The van der Waals surface area contributed by atoms with Crippen molar-refractivity contribution >= 4 is 43.3 Å². The van der Waals surface area contributed by atoms with E-state index in [0.717, 1.165) is 0 Å². The van der Waals surface area contributed by atoms with Crippen molar-refractivity contribution in [2.24, 2.45) is 5.10 Å². The van der Waals surface area contributed by atoms with Gasteiger partial charge in [0.25, 0.3) is 0 Å². The van der Waals surface area contributed by atoms with Crippen LogP contribution < -0.4 is 10.5 Å². The third kappa shape index (κ3) is 6.67. The Balaban J connectivity index is 1.84. The maximum Gasteiger partial charge on any atom is 0.441 e. The zero-order valence-electron chi connectivity index (χ0n) is 24.8. The lowest BCUT2D eigenvalue weighted by molar-refractivity contribution is -0.276. The Hall–Kier alpha value is -3.80. The summed E-state index contributed by atoms with van der Waals surface area (Å²) in [7, 11) is 0. The van der Waals surface area contributed by atoms with Crippen LogP contribution in [0.2, 0.25) is 0 Å². The molecule has 291 valence electrons. The van der Waals surface area contributed by atoms with Gasteiger partial charge in [-0.05, 0) is 38.8 Å². The molecule has 0 bridgehead atoms. The predicted molar refractivity (Wildman–Crippen MR) is 144 cm³/mol. The maximum absolute atomic E-state index is 15.0. The van der Waals surface area contributed by atoms with Crippen LogP contribution in [0.5, 0.6) is 0 Å². The highest BCUT2D eigenvalue weighted by atomic mass is 79.9. The number of hydrogen-bond donors (Lipinski definition) is 1. The van der Waals surface area contributed by atoms with E-state index in [4.69, 9.17) is 0 Å². The van der Waals surface area contributed by atoms with Crippen molar-refractivity contribution in [3.8, 4) is 5.69 Å². The van der Waals surface area contributed by atoms with Crippen LogP contribution in [0.1, 0.15) is 29.7 Å². The standard InChI is InChI=1S/C23H10Br2F18N10/c1-6-12(51-11(20(32,33)34)3-9(44-51)18(26,27)28)14(21(35,36)37)46-50(6)13-7(2)52(47-15(13)22(38,39)40)53-17(23(41,42)43,4-10(45-53)19(29,30)31)49-5-8(24)16(25)48-49/h3-5,45H,1-2H3/q+1. The molecule has 0 aromatic carbocycles. The Morgan fingerprint density at radius 1 is 0.717 bits per heavy atom. The van der Waals surface area contributed by atoms with E-state index in [1.807, 2.05) is 0 Å². The number of allylic oxidation sites excluding steroid dienone is 3. The maximum atomic E-state index is 15.0. The SMILES string of the molecule is CC1=C(n2nc(C(F)(F)F)c(-n3nc(C(F)(F)F)cc3C(F)(F)F)c2C)C(C(F)(F)F)=N[N+]1N1NC(C(F)(F)F)=CC1(n1cc(Br)c(Br)n1)C(F)(F)F. The number of aromatic nitrogens is 6. The minimum atomic E-state index is -5.99. The Bertz CT molecular complexity index is 2030. The van der Waals surface area contributed by atoms with E-state index in [0.29, 0.717) is 20.0 Å². The van der Waals surface area contributed by atoms with Gasteiger partial charge in [-0.15, -0.1) is 0 Å². The molecule has 3 aromatic heterocycles. The Morgan fingerprint density at radius 3 is 1.74 bits per heavy atom. The largest absolute Gasteiger partial charge is 0.441 e. The van der Waals surface area contributed by atoms with Crippen molar-refractivity contribution in [3.63, 3.8) is 0 Å². The molecule has 0 spiro atoms. The minimum Gasteiger partial charge on any atom is -0.260 e. The fourth-order valence-corrected chi connectivity index (χ4v) is 5.55. The molecule has 0 fully saturated rings. The van der Waals surface area contributed by atoms with Gasteiger partial charge in [0.05, 0.1) is 15.3 Å². The van der Waals surface area contributed by atoms with Gasteiger partial charge in [-0.1, -0.05) is 0 Å². The first-order valence-corrected chi connectivity index (χ1v) is 14.8. The summed E-state index contributed by atoms with van der Waals surface area (Å²) in [5.74, 6) is 0. The normalized spacial score (nSPS) is 20.1. The van der Waals surface area contributed by atoms with Crippen LogP contribution in [0.3, 0.4) is 0 Å². The molecule has 10 nitrogen and oxygen atoms in total. The molecule has 1 atom stereocenters. The first kappa shape index (κ1) is 40.4. The molecule has 30 heteroatoms. The predicted octanol–water partition coefficient (Wildman–Crippen LogP) is 8.51. The van der Waals surface area contributed by atoms with Gasteiger partial charge >= 0.3 is 42.7 Å². The van der Waals surface area contributed by atoms with Crippen molar-refractivity contribution in [1.82, 2.24) is 45.0 Å². The molecule has 1 unspecified atom stereocenters. The monoisotopic (exact) mass is 926 g/mol. The van der Waals surface area contributed by atoms with E-state index >= 15 is 13.2 Å². The molecular formula is C23H10Br2F18N10+. The molecule has 53 heavy (non-hydrogen) atoms. The summed E-state index contributed by atoms with van der Waals surface area (Å²) in [6.07, 6.45) is -35.3. The van der Waals surface area contributed by atoms with Gasteiger partial charge in [-0.3, -0.25) is 5.43 Å². The molecule has 1 N–H and O–H groups in total. The van der Waals surface area contributed by atoms with E-state index in [-0.39, 0.29) is 9.15 Å². The van der Waals surface area contributed by atoms with Crippen LogP contribution in [0.15, 0.2) is 43.9 Å². The third-order valence-electron chi connectivity index (χ3n) is 7.18. The van der Waals surface area contributed by atoms with Gasteiger partial charge in [0, 0.05) is 30.4 Å². The lowest BCUT2D eigenvalue weighted by Crippen LogP contribution is -2.65. The molecule has 5 heterocycles. The average molecular weight is 928 g/mol. The van der Waals surface area contributed by atoms with Gasteiger partial charge in [0.2, 0.25) is 11.4 Å². The number of nitrogens with zero attached hydrogens (tertiary/aromatic N) is 9. The van der Waals surface area contributed by atoms with Crippen molar-refractivity contribution in [1.29, 1.82) is 0 Å². The smallest absolute Gasteiger partial charge is 0.260 e. The first-order valence-electron chi connectivity index (χ1n) is 13.2. The number of hydrazone groups is 1. The number of hydrogen-bond acceptors (Lipinski definition) is 7. The highest BCUT2D eigenvalue weighted by molar-refractivity contribution is 9.13. The lowest BCUT2D eigenvalue weighted by atomic mass is 10.1. The number of nitrogens with one attached hydrogen (secondary N) is 1. The van der Waals surface area contributed by atoms with Crippen LogP contribution in [0.4, 0.5) is 79.0 Å². The van der Waals surface area contributed by atoms with Gasteiger partial charge in [-0.2, -0.15) is 94.3 Å². The summed E-state index contributed by atoms with van der Waals surface area (Å²) < 4.78 is 252. The van der Waals surface area contributed by atoms with Crippen molar-refractivity contribution in [2.75, 3.05) is 0 Å². The molecule has 3 aromatic rings. The molecule has 0 aliphatic carbocycles. The lowest BCUT2D eigenvalue weighted by Gasteiger charge is -2.33. The summed E-state index contributed by atoms with van der Waals surface area (Å²) in [5.41, 5.74) is -22.0. The molecule has 5 rings (SSSR count). The van der Waals surface area contributed by atoms with Crippen molar-refractivity contribution in [2.45, 2.75) is 56.6 Å². The average Bonchev–Trinajstić information content (AvgIpc) is 3.75. The fourth-order valence-electron chi connectivity index (χ4n) is 5.00. The second-order valence-corrected chi connectivity index (χ2v) is 12.2. The Morgan fingerprint density at radius 2 is 1.30 bits per heavy atom. The summed E-state index contributed by atoms with van der Waals surface area (Å²) in [4.78, 5) is 0. The molecule has 2 aliphatic rings. The van der Waals surface area contributed by atoms with Crippen molar-refractivity contribution in [3.05, 3.63) is 61.6 Å². The van der Waals surface area contributed by atoms with E-state index in [2.05, 4.69) is 52.3 Å². The van der Waals surface area contributed by atoms with Crippen LogP contribution in [-0.2, 0) is 24.2 Å². The second kappa shape index (κ2) is 12.1. The zero-order chi connectivity index (χ0) is 40.4.